The first kappa shape index (κ1) is 14.8. The van der Waals surface area contributed by atoms with Crippen molar-refractivity contribution in [1.82, 2.24) is 0 Å². The summed E-state index contributed by atoms with van der Waals surface area (Å²) in [6.07, 6.45) is -0.0295. The maximum atomic E-state index is 12.9. The van der Waals surface area contributed by atoms with Crippen LogP contribution in [0.5, 0.6) is 11.5 Å². The molecular weight excluding hydrogens is 284 g/mol. The monoisotopic (exact) mass is 302 g/mol. The Morgan fingerprint density at radius 1 is 1.09 bits per heavy atom. The average Bonchev–Trinajstić information content (AvgIpc) is 2.50. The van der Waals surface area contributed by atoms with Gasteiger partial charge in [0, 0.05) is 29.2 Å². The van der Waals surface area contributed by atoms with E-state index in [9.17, 15) is 9.59 Å². The van der Waals surface area contributed by atoms with Gasteiger partial charge < -0.3 is 14.2 Å². The predicted molar refractivity (Wildman–Crippen MR) is 79.9 cm³/mol. The third-order valence-corrected chi connectivity index (χ3v) is 4.18. The molecule has 1 aliphatic heterocycles. The molecule has 5 nitrogen and oxygen atoms in total. The molecule has 3 rings (SSSR count). The number of hydrogen-bond acceptors (Lipinski definition) is 5. The zero-order chi connectivity index (χ0) is 16.0. The van der Waals surface area contributed by atoms with E-state index in [1.807, 2.05) is 6.92 Å². The summed E-state index contributed by atoms with van der Waals surface area (Å²) in [6, 6.07) is 3.22. The molecule has 0 saturated carbocycles. The number of methoxy groups -OCH3 is 2. The van der Waals surface area contributed by atoms with E-state index in [0.29, 0.717) is 40.2 Å². The largest absolute Gasteiger partial charge is 0.497 e. The first-order valence-corrected chi connectivity index (χ1v) is 7.21. The number of fused-ring (bicyclic) bond motifs is 1. The van der Waals surface area contributed by atoms with Crippen LogP contribution in [0.4, 0.5) is 0 Å². The van der Waals surface area contributed by atoms with Crippen molar-refractivity contribution < 1.29 is 23.8 Å². The fraction of sp³-hybridized carbons (Fsp3) is 0.412. The molecule has 0 bridgehead atoms. The van der Waals surface area contributed by atoms with Gasteiger partial charge in [0.1, 0.15) is 11.5 Å². The first-order chi connectivity index (χ1) is 10.5. The van der Waals surface area contributed by atoms with Gasteiger partial charge in [-0.3, -0.25) is 9.59 Å². The topological polar surface area (TPSA) is 61.8 Å². The second kappa shape index (κ2) is 5.25. The predicted octanol–water partition coefficient (Wildman–Crippen LogP) is 2.58. The highest BCUT2D eigenvalue weighted by molar-refractivity contribution is 6.28. The molecule has 1 heterocycles. The summed E-state index contributed by atoms with van der Waals surface area (Å²) in [5.41, 5.74) is 1.66. The van der Waals surface area contributed by atoms with Crippen LogP contribution in [0.1, 0.15) is 41.0 Å². The zero-order valence-corrected chi connectivity index (χ0v) is 13.1. The van der Waals surface area contributed by atoms with Gasteiger partial charge in [0.2, 0.25) is 0 Å². The Kier molecular flexibility index (Phi) is 3.53. The Hall–Kier alpha value is -2.14. The summed E-state index contributed by atoms with van der Waals surface area (Å²) in [7, 11) is 2.99. The number of rotatable bonds is 2. The summed E-state index contributed by atoms with van der Waals surface area (Å²) in [6.45, 7) is 3.71. The Labute approximate surface area is 128 Å². The van der Waals surface area contributed by atoms with Crippen LogP contribution in [-0.4, -0.2) is 38.0 Å². The summed E-state index contributed by atoms with van der Waals surface area (Å²) in [5, 5.41) is 0. The van der Waals surface area contributed by atoms with Crippen molar-refractivity contribution >= 4 is 11.6 Å². The highest BCUT2D eigenvalue weighted by atomic mass is 16.5. The number of ether oxygens (including phenoxy) is 3. The summed E-state index contributed by atoms with van der Waals surface area (Å²) >= 11 is 0. The molecule has 0 spiro atoms. The Morgan fingerprint density at radius 2 is 1.82 bits per heavy atom. The van der Waals surface area contributed by atoms with Gasteiger partial charge in [0.05, 0.1) is 32.0 Å². The number of benzene rings is 1. The van der Waals surface area contributed by atoms with Gasteiger partial charge in [-0.1, -0.05) is 0 Å². The molecular formula is C17H18O5. The van der Waals surface area contributed by atoms with Crippen molar-refractivity contribution in [3.63, 3.8) is 0 Å². The third-order valence-electron chi connectivity index (χ3n) is 4.18. The summed E-state index contributed by atoms with van der Waals surface area (Å²) < 4.78 is 16.2. The van der Waals surface area contributed by atoms with Crippen LogP contribution >= 0.6 is 0 Å². The Balaban J connectivity index is 2.24. The number of carbonyl (C=O) groups is 2. The molecule has 1 aromatic carbocycles. The average molecular weight is 302 g/mol. The molecule has 22 heavy (non-hydrogen) atoms. The fourth-order valence-corrected chi connectivity index (χ4v) is 3.22. The van der Waals surface area contributed by atoms with Crippen LogP contribution in [0.25, 0.3) is 0 Å². The molecule has 1 aliphatic carbocycles. The number of carbonyl (C=O) groups excluding carboxylic acids is 2. The SMILES string of the molecule is COc1cc(OC)c2c(c1)C(=O)C1=C(C2=O)C(C)OC(C)C1. The molecule has 0 amide bonds. The number of Topliss-reactive ketones (excluding diaryl/α,β-unsaturated/α-hetero) is 2. The lowest BCUT2D eigenvalue weighted by Gasteiger charge is -2.33. The maximum Gasteiger partial charge on any atom is 0.196 e. The molecule has 2 unspecified atom stereocenters. The minimum absolute atomic E-state index is 0.0837. The van der Waals surface area contributed by atoms with E-state index in [2.05, 4.69) is 0 Å². The minimum Gasteiger partial charge on any atom is -0.497 e. The Morgan fingerprint density at radius 3 is 2.45 bits per heavy atom. The van der Waals surface area contributed by atoms with Crippen molar-refractivity contribution in [3.8, 4) is 11.5 Å². The van der Waals surface area contributed by atoms with Crippen LogP contribution < -0.4 is 9.47 Å². The van der Waals surface area contributed by atoms with E-state index in [4.69, 9.17) is 14.2 Å². The lowest BCUT2D eigenvalue weighted by atomic mass is 9.78. The maximum absolute atomic E-state index is 12.9. The highest BCUT2D eigenvalue weighted by Crippen LogP contribution is 2.40. The Bertz CT molecular complexity index is 701. The van der Waals surface area contributed by atoms with Crippen LogP contribution in [0, 0.1) is 0 Å². The molecule has 5 heteroatoms. The van der Waals surface area contributed by atoms with Gasteiger partial charge in [-0.05, 0) is 19.9 Å². The lowest BCUT2D eigenvalue weighted by molar-refractivity contribution is 0.0148. The molecule has 0 fully saturated rings. The lowest BCUT2D eigenvalue weighted by Crippen LogP contribution is -2.36. The van der Waals surface area contributed by atoms with Crippen molar-refractivity contribution in [3.05, 3.63) is 34.4 Å². The third kappa shape index (κ3) is 2.04. The molecule has 0 N–H and O–H groups in total. The molecule has 2 atom stereocenters. The normalized spacial score (nSPS) is 24.0. The van der Waals surface area contributed by atoms with Gasteiger partial charge >= 0.3 is 0 Å². The number of hydrogen-bond donors (Lipinski definition) is 0. The van der Waals surface area contributed by atoms with E-state index in [-0.39, 0.29) is 17.7 Å². The van der Waals surface area contributed by atoms with Gasteiger partial charge in [-0.25, -0.2) is 0 Å². The summed E-state index contributed by atoms with van der Waals surface area (Å²) in [4.78, 5) is 25.7. The van der Waals surface area contributed by atoms with E-state index in [1.165, 1.54) is 14.2 Å². The second-order valence-electron chi connectivity index (χ2n) is 5.60. The molecule has 0 aromatic heterocycles. The smallest absolute Gasteiger partial charge is 0.196 e. The number of ketones is 2. The quantitative estimate of drug-likeness (QED) is 0.840. The zero-order valence-electron chi connectivity index (χ0n) is 13.1. The van der Waals surface area contributed by atoms with Crippen molar-refractivity contribution in [2.24, 2.45) is 0 Å². The minimum atomic E-state index is -0.393. The highest BCUT2D eigenvalue weighted by Gasteiger charge is 2.40. The molecule has 0 radical (unpaired) electrons. The van der Waals surface area contributed by atoms with Gasteiger partial charge in [0.15, 0.2) is 11.6 Å². The van der Waals surface area contributed by atoms with E-state index >= 15 is 0 Å². The second-order valence-corrected chi connectivity index (χ2v) is 5.60. The first-order valence-electron chi connectivity index (χ1n) is 7.21. The molecule has 2 aliphatic rings. The van der Waals surface area contributed by atoms with Crippen molar-refractivity contribution in [2.45, 2.75) is 32.5 Å². The van der Waals surface area contributed by atoms with E-state index in [1.54, 1.807) is 19.1 Å². The van der Waals surface area contributed by atoms with Gasteiger partial charge in [0.25, 0.3) is 0 Å². The van der Waals surface area contributed by atoms with Crippen LogP contribution in [0.15, 0.2) is 23.3 Å². The van der Waals surface area contributed by atoms with Crippen LogP contribution in [0.2, 0.25) is 0 Å². The molecule has 116 valence electrons. The van der Waals surface area contributed by atoms with Crippen LogP contribution in [0.3, 0.4) is 0 Å². The summed E-state index contributed by atoms with van der Waals surface area (Å²) in [5.74, 6) is 0.520. The van der Waals surface area contributed by atoms with Crippen LogP contribution in [-0.2, 0) is 4.74 Å². The van der Waals surface area contributed by atoms with Crippen molar-refractivity contribution in [2.75, 3.05) is 14.2 Å². The molecule has 1 aromatic rings. The van der Waals surface area contributed by atoms with E-state index < -0.39 is 6.10 Å². The molecule has 0 saturated heterocycles. The van der Waals surface area contributed by atoms with Gasteiger partial charge in [-0.15, -0.1) is 0 Å². The van der Waals surface area contributed by atoms with Crippen molar-refractivity contribution in [1.29, 1.82) is 0 Å². The van der Waals surface area contributed by atoms with Gasteiger partial charge in [-0.2, -0.15) is 0 Å². The van der Waals surface area contributed by atoms with E-state index in [0.717, 1.165) is 0 Å². The standard InChI is InChI=1S/C17H18O5/c1-8-5-11-14(9(2)22-8)17(19)15-12(16(11)18)6-10(20-3)7-13(15)21-4/h6-9H,5H2,1-4H3. The fourth-order valence-electron chi connectivity index (χ4n) is 3.22.